The van der Waals surface area contributed by atoms with E-state index in [4.69, 9.17) is 0 Å². The topological polar surface area (TPSA) is 36.1 Å². The van der Waals surface area contributed by atoms with Crippen LogP contribution >= 0.6 is 25.3 Å². The molecule has 0 aliphatic rings. The number of nitrogens with one attached hydrogen (secondary N) is 3. The highest BCUT2D eigenvalue weighted by Gasteiger charge is 2.33. The lowest BCUT2D eigenvalue weighted by atomic mass is 10.2. The lowest BCUT2D eigenvalue weighted by Gasteiger charge is -2.31. The van der Waals surface area contributed by atoms with E-state index in [1.54, 1.807) is 14.0 Å². The molecule has 3 nitrogen and oxygen atoms in total. The lowest BCUT2D eigenvalue weighted by molar-refractivity contribution is 0.0831. The monoisotopic (exact) mass is 273 g/mol. The molecule has 0 unspecified atom stereocenters. The first-order chi connectivity index (χ1) is 7.45. The molecule has 0 bridgehead atoms. The smallest absolute Gasteiger partial charge is 0.183 e. The van der Waals surface area contributed by atoms with E-state index in [2.05, 4.69) is 41.2 Å². The van der Waals surface area contributed by atoms with E-state index >= 15 is 0 Å². The zero-order chi connectivity index (χ0) is 12.7. The van der Waals surface area contributed by atoms with E-state index < -0.39 is 11.6 Å². The zero-order valence-electron chi connectivity index (χ0n) is 9.69. The van der Waals surface area contributed by atoms with Crippen molar-refractivity contribution in [1.29, 1.82) is 0 Å². The minimum Gasteiger partial charge on any atom is -0.315 e. The molecule has 0 fully saturated rings. The van der Waals surface area contributed by atoms with E-state index in [-0.39, 0.29) is 24.6 Å². The molecule has 0 amide bonds. The molecule has 98 valence electrons. The van der Waals surface area contributed by atoms with Gasteiger partial charge in [0.25, 0.3) is 0 Å². The number of hydrogen-bond acceptors (Lipinski definition) is 5. The standard InChI is InChI=1S/C9H21F2N3S2/c1-3-13-9(11,7-16)5-14-8(10,6-15)4-12-2/h12-16H,3-7H2,1-2H3/t8-,9-/m1/s1. The van der Waals surface area contributed by atoms with Crippen LogP contribution in [0.5, 0.6) is 0 Å². The highest BCUT2D eigenvalue weighted by molar-refractivity contribution is 7.80. The third-order valence-electron chi connectivity index (χ3n) is 2.14. The van der Waals surface area contributed by atoms with Gasteiger partial charge in [-0.3, -0.25) is 10.6 Å². The highest BCUT2D eigenvalue weighted by Crippen LogP contribution is 2.13. The van der Waals surface area contributed by atoms with E-state index in [9.17, 15) is 8.78 Å². The number of halogens is 2. The fraction of sp³-hybridized carbons (Fsp3) is 1.00. The average molecular weight is 273 g/mol. The molecule has 3 N–H and O–H groups in total. The van der Waals surface area contributed by atoms with Crippen LogP contribution in [0.2, 0.25) is 0 Å². The predicted octanol–water partition coefficient (Wildman–Crippen LogP) is 0.596. The minimum absolute atomic E-state index is 0.0178. The maximum absolute atomic E-state index is 14.0. The molecule has 0 heterocycles. The van der Waals surface area contributed by atoms with Gasteiger partial charge < -0.3 is 5.32 Å². The molecule has 0 aromatic carbocycles. The van der Waals surface area contributed by atoms with Gasteiger partial charge in [0.15, 0.2) is 11.6 Å². The highest BCUT2D eigenvalue weighted by atomic mass is 32.1. The SMILES string of the molecule is CCN[C@@](F)(CS)CN[C@@](F)(CS)CNC. The number of hydrogen-bond donors (Lipinski definition) is 5. The first kappa shape index (κ1) is 16.4. The molecular weight excluding hydrogens is 252 g/mol. The molecule has 16 heavy (non-hydrogen) atoms. The number of thiol groups is 2. The zero-order valence-corrected chi connectivity index (χ0v) is 11.5. The van der Waals surface area contributed by atoms with Gasteiger partial charge in [-0.25, -0.2) is 8.78 Å². The van der Waals surface area contributed by atoms with Crippen molar-refractivity contribution in [3.05, 3.63) is 0 Å². The third-order valence-corrected chi connectivity index (χ3v) is 3.14. The Labute approximate surface area is 107 Å². The van der Waals surface area contributed by atoms with Gasteiger partial charge in [-0.05, 0) is 13.6 Å². The maximum Gasteiger partial charge on any atom is 0.183 e. The van der Waals surface area contributed by atoms with Crippen molar-refractivity contribution >= 4 is 25.3 Å². The quantitative estimate of drug-likeness (QED) is 0.315. The summed E-state index contributed by atoms with van der Waals surface area (Å²) >= 11 is 7.82. The second-order valence-corrected chi connectivity index (χ2v) is 4.29. The minimum atomic E-state index is -1.71. The molecule has 0 aromatic heterocycles. The van der Waals surface area contributed by atoms with Crippen molar-refractivity contribution in [3.63, 3.8) is 0 Å². The summed E-state index contributed by atoms with van der Waals surface area (Å²) in [5.41, 5.74) is 0. The van der Waals surface area contributed by atoms with Gasteiger partial charge in [0.1, 0.15) is 0 Å². The molecule has 0 saturated carbocycles. The molecule has 0 aromatic rings. The maximum atomic E-state index is 14.0. The Morgan fingerprint density at radius 3 is 1.88 bits per heavy atom. The molecule has 2 atom stereocenters. The molecule has 0 radical (unpaired) electrons. The van der Waals surface area contributed by atoms with Gasteiger partial charge in [0, 0.05) is 24.6 Å². The summed E-state index contributed by atoms with van der Waals surface area (Å²) < 4.78 is 27.9. The van der Waals surface area contributed by atoms with Gasteiger partial charge in [0.2, 0.25) is 0 Å². The van der Waals surface area contributed by atoms with E-state index in [0.717, 1.165) is 0 Å². The summed E-state index contributed by atoms with van der Waals surface area (Å²) in [6, 6.07) is 0. The summed E-state index contributed by atoms with van der Waals surface area (Å²) in [4.78, 5) is 0. The number of likely N-dealkylation sites (N-methyl/N-ethyl adjacent to an activating group) is 2. The third kappa shape index (κ3) is 5.67. The molecule has 7 heteroatoms. The second kappa shape index (κ2) is 7.71. The van der Waals surface area contributed by atoms with Crippen LogP contribution in [0.1, 0.15) is 6.92 Å². The number of rotatable bonds is 9. The van der Waals surface area contributed by atoms with Crippen LogP contribution in [0.3, 0.4) is 0 Å². The molecule has 0 aliphatic carbocycles. The van der Waals surface area contributed by atoms with E-state index in [0.29, 0.717) is 6.54 Å². The average Bonchev–Trinajstić information content (AvgIpc) is 2.27. The van der Waals surface area contributed by atoms with Crippen molar-refractivity contribution in [3.8, 4) is 0 Å². The van der Waals surface area contributed by atoms with Crippen molar-refractivity contribution in [2.24, 2.45) is 0 Å². The van der Waals surface area contributed by atoms with Crippen LogP contribution in [-0.2, 0) is 0 Å². The summed E-state index contributed by atoms with van der Waals surface area (Å²) in [7, 11) is 1.63. The fourth-order valence-electron chi connectivity index (χ4n) is 1.24. The van der Waals surface area contributed by atoms with Gasteiger partial charge in [-0.1, -0.05) is 6.92 Å². The Hall–Kier alpha value is 0.440. The summed E-state index contributed by atoms with van der Waals surface area (Å²) in [5, 5.41) is 7.86. The van der Waals surface area contributed by atoms with Crippen molar-refractivity contribution in [1.82, 2.24) is 16.0 Å². The van der Waals surface area contributed by atoms with Crippen LogP contribution in [0.25, 0.3) is 0 Å². The Morgan fingerprint density at radius 1 is 1.00 bits per heavy atom. The van der Waals surface area contributed by atoms with Crippen LogP contribution in [0, 0.1) is 0 Å². The summed E-state index contributed by atoms with van der Waals surface area (Å²) in [6.07, 6.45) is 0. The first-order valence-electron chi connectivity index (χ1n) is 5.19. The molecular formula is C9H21F2N3S2. The normalized spacial score (nSPS) is 19.1. The van der Waals surface area contributed by atoms with Gasteiger partial charge in [0.05, 0.1) is 0 Å². The number of alkyl halides is 2. The fourth-order valence-corrected chi connectivity index (χ4v) is 1.69. The van der Waals surface area contributed by atoms with E-state index in [1.165, 1.54) is 0 Å². The lowest BCUT2D eigenvalue weighted by Crippen LogP contribution is -2.58. The Morgan fingerprint density at radius 2 is 1.50 bits per heavy atom. The van der Waals surface area contributed by atoms with Gasteiger partial charge in [-0.15, -0.1) is 0 Å². The molecule has 0 aliphatic heterocycles. The van der Waals surface area contributed by atoms with Crippen LogP contribution in [0.15, 0.2) is 0 Å². The van der Waals surface area contributed by atoms with Crippen LogP contribution in [0.4, 0.5) is 8.78 Å². The van der Waals surface area contributed by atoms with E-state index in [1.807, 2.05) is 0 Å². The van der Waals surface area contributed by atoms with Crippen LogP contribution < -0.4 is 16.0 Å². The Kier molecular flexibility index (Phi) is 7.92. The molecule has 0 spiro atoms. The van der Waals surface area contributed by atoms with Crippen molar-refractivity contribution < 1.29 is 8.78 Å². The Balaban J connectivity index is 4.26. The molecule has 0 saturated heterocycles. The van der Waals surface area contributed by atoms with Gasteiger partial charge in [-0.2, -0.15) is 25.3 Å². The van der Waals surface area contributed by atoms with Gasteiger partial charge >= 0.3 is 0 Å². The second-order valence-electron chi connectivity index (χ2n) is 3.66. The van der Waals surface area contributed by atoms with Crippen molar-refractivity contribution in [2.45, 2.75) is 18.5 Å². The van der Waals surface area contributed by atoms with Crippen molar-refractivity contribution in [2.75, 3.05) is 38.2 Å². The Bertz CT molecular complexity index is 180. The summed E-state index contributed by atoms with van der Waals surface area (Å²) in [5.74, 6) is -3.46. The van der Waals surface area contributed by atoms with Crippen LogP contribution in [-0.4, -0.2) is 49.8 Å². The largest absolute Gasteiger partial charge is 0.315 e. The summed E-state index contributed by atoms with van der Waals surface area (Å²) in [6.45, 7) is 2.17. The molecule has 0 rings (SSSR count). The first-order valence-corrected chi connectivity index (χ1v) is 6.46. The predicted molar refractivity (Wildman–Crippen MR) is 71.0 cm³/mol.